The van der Waals surface area contributed by atoms with E-state index in [1.165, 1.54) is 19.2 Å². The van der Waals surface area contributed by atoms with E-state index < -0.39 is 18.1 Å². The number of aromatic amines is 1. The van der Waals surface area contributed by atoms with Gasteiger partial charge in [-0.2, -0.15) is 11.8 Å². The molecule has 1 amide bonds. The van der Waals surface area contributed by atoms with Gasteiger partial charge in [-0.1, -0.05) is 48.5 Å². The molecule has 3 aromatic carbocycles. The summed E-state index contributed by atoms with van der Waals surface area (Å²) in [5.41, 5.74) is 3.52. The number of H-pyrrole nitrogens is 1. The normalized spacial score (nSPS) is 12.5. The van der Waals surface area contributed by atoms with Gasteiger partial charge in [0.05, 0.1) is 13.7 Å². The first-order chi connectivity index (χ1) is 19.5. The molecule has 208 valence electrons. The fourth-order valence-electron chi connectivity index (χ4n) is 4.37. The monoisotopic (exact) mass is 561 g/mol. The Hall–Kier alpha value is -3.95. The van der Waals surface area contributed by atoms with Gasteiger partial charge in [0, 0.05) is 24.4 Å². The van der Waals surface area contributed by atoms with Crippen LogP contribution in [0.2, 0.25) is 0 Å². The topological polar surface area (TPSA) is 93.3 Å². The number of rotatable bonds is 13. The molecule has 7 nitrogen and oxygen atoms in total. The van der Waals surface area contributed by atoms with E-state index in [1.807, 2.05) is 48.7 Å². The molecule has 0 aliphatic rings. The zero-order chi connectivity index (χ0) is 28.3. The number of amides is 1. The summed E-state index contributed by atoms with van der Waals surface area (Å²) in [7, 11) is 1.31. The van der Waals surface area contributed by atoms with Crippen molar-refractivity contribution in [2.24, 2.45) is 0 Å². The van der Waals surface area contributed by atoms with E-state index >= 15 is 0 Å². The largest absolute Gasteiger partial charge is 0.467 e. The SMILES string of the molecule is COC(=O)[C@H](CCSC)NC(=O)c1ccc(C(OCCc2ncc[nH]2)c2ccc(F)cc2)cc1-c1ccccc1. The summed E-state index contributed by atoms with van der Waals surface area (Å²) >= 11 is 1.59. The predicted octanol–water partition coefficient (Wildman–Crippen LogP) is 5.59. The van der Waals surface area contributed by atoms with Crippen LogP contribution in [-0.2, 0) is 20.7 Å². The number of ether oxygens (including phenoxy) is 2. The molecule has 2 atom stereocenters. The zero-order valence-electron chi connectivity index (χ0n) is 22.4. The third-order valence-electron chi connectivity index (χ3n) is 6.43. The number of methoxy groups -OCH3 is 1. The van der Waals surface area contributed by atoms with E-state index in [9.17, 15) is 14.0 Å². The third kappa shape index (κ3) is 7.58. The maximum Gasteiger partial charge on any atom is 0.328 e. The number of halogens is 1. The van der Waals surface area contributed by atoms with Crippen molar-refractivity contribution in [3.05, 3.63) is 114 Å². The van der Waals surface area contributed by atoms with Gasteiger partial charge < -0.3 is 19.8 Å². The molecule has 0 spiro atoms. The first-order valence-electron chi connectivity index (χ1n) is 12.9. The Morgan fingerprint density at radius 2 is 1.80 bits per heavy atom. The first-order valence-corrected chi connectivity index (χ1v) is 14.3. The average molecular weight is 562 g/mol. The highest BCUT2D eigenvalue weighted by molar-refractivity contribution is 7.98. The Bertz CT molecular complexity index is 1380. The lowest BCUT2D eigenvalue weighted by molar-refractivity contribution is -0.142. The minimum absolute atomic E-state index is 0.336. The standard InChI is InChI=1S/C31H32FN3O4S/c1-38-31(37)27(15-19-40-2)35-30(36)25-13-10-23(20-26(25)21-6-4-3-5-7-21)29(22-8-11-24(32)12-9-22)39-18-14-28-33-16-17-34-28/h3-13,16-17,20,27,29H,14-15,18-19H2,1-2H3,(H,33,34)(H,35,36)/t27-,29?/m0/s1. The Labute approximate surface area is 237 Å². The Morgan fingerprint density at radius 3 is 2.48 bits per heavy atom. The number of hydrogen-bond acceptors (Lipinski definition) is 6. The molecule has 0 saturated heterocycles. The van der Waals surface area contributed by atoms with Crippen LogP contribution in [0.4, 0.5) is 4.39 Å². The average Bonchev–Trinajstić information content (AvgIpc) is 3.51. The lowest BCUT2D eigenvalue weighted by Gasteiger charge is -2.22. The van der Waals surface area contributed by atoms with Gasteiger partial charge in [-0.3, -0.25) is 4.79 Å². The first kappa shape index (κ1) is 29.0. The molecule has 4 aromatic rings. The number of imidazole rings is 1. The molecule has 2 N–H and O–H groups in total. The minimum atomic E-state index is -0.759. The second-order valence-electron chi connectivity index (χ2n) is 9.09. The minimum Gasteiger partial charge on any atom is -0.467 e. The second-order valence-corrected chi connectivity index (χ2v) is 10.1. The third-order valence-corrected chi connectivity index (χ3v) is 7.07. The molecular formula is C31H32FN3O4S. The van der Waals surface area contributed by atoms with Crippen molar-refractivity contribution in [2.45, 2.75) is 25.0 Å². The van der Waals surface area contributed by atoms with Crippen molar-refractivity contribution in [2.75, 3.05) is 25.7 Å². The van der Waals surface area contributed by atoms with Crippen LogP contribution in [0.25, 0.3) is 11.1 Å². The predicted molar refractivity (Wildman–Crippen MR) is 155 cm³/mol. The van der Waals surface area contributed by atoms with Crippen molar-refractivity contribution in [1.82, 2.24) is 15.3 Å². The summed E-state index contributed by atoms with van der Waals surface area (Å²) in [6.45, 7) is 0.370. The Kier molecular flexibility index (Phi) is 10.5. The summed E-state index contributed by atoms with van der Waals surface area (Å²) in [6, 6.07) is 20.5. The van der Waals surface area contributed by atoms with Gasteiger partial charge in [-0.25, -0.2) is 14.2 Å². The quantitative estimate of drug-likeness (QED) is 0.207. The molecule has 4 rings (SSSR count). The van der Waals surface area contributed by atoms with E-state index in [4.69, 9.17) is 9.47 Å². The summed E-state index contributed by atoms with van der Waals surface area (Å²) in [4.78, 5) is 33.2. The fourth-order valence-corrected chi connectivity index (χ4v) is 4.84. The number of carbonyl (C=O) groups excluding carboxylic acids is 2. The van der Waals surface area contributed by atoms with Gasteiger partial charge >= 0.3 is 5.97 Å². The van der Waals surface area contributed by atoms with Gasteiger partial charge in [-0.05, 0) is 64.9 Å². The number of aromatic nitrogens is 2. The summed E-state index contributed by atoms with van der Waals surface area (Å²) < 4.78 is 25.0. The van der Waals surface area contributed by atoms with Crippen molar-refractivity contribution in [3.8, 4) is 11.1 Å². The van der Waals surface area contributed by atoms with Crippen LogP contribution in [-0.4, -0.2) is 53.6 Å². The summed E-state index contributed by atoms with van der Waals surface area (Å²) in [6.07, 6.45) is 5.90. The van der Waals surface area contributed by atoms with E-state index in [0.717, 1.165) is 22.5 Å². The number of benzene rings is 3. The van der Waals surface area contributed by atoms with Crippen molar-refractivity contribution >= 4 is 23.6 Å². The van der Waals surface area contributed by atoms with Crippen molar-refractivity contribution in [3.63, 3.8) is 0 Å². The van der Waals surface area contributed by atoms with Crippen LogP contribution in [0, 0.1) is 5.82 Å². The van der Waals surface area contributed by atoms with Crippen LogP contribution in [0.1, 0.15) is 39.8 Å². The smallest absolute Gasteiger partial charge is 0.328 e. The lowest BCUT2D eigenvalue weighted by atomic mass is 9.92. The van der Waals surface area contributed by atoms with E-state index in [-0.39, 0.29) is 11.7 Å². The Morgan fingerprint density at radius 1 is 1.05 bits per heavy atom. The molecule has 40 heavy (non-hydrogen) atoms. The number of nitrogens with zero attached hydrogens (tertiary/aromatic N) is 1. The lowest BCUT2D eigenvalue weighted by Crippen LogP contribution is -2.42. The second kappa shape index (κ2) is 14.4. The maximum atomic E-state index is 13.7. The van der Waals surface area contributed by atoms with Crippen molar-refractivity contribution in [1.29, 1.82) is 0 Å². The summed E-state index contributed by atoms with van der Waals surface area (Å²) in [5, 5.41) is 2.86. The van der Waals surface area contributed by atoms with E-state index in [0.29, 0.717) is 36.3 Å². The number of esters is 1. The molecule has 0 aliphatic heterocycles. The van der Waals surface area contributed by atoms with Crippen molar-refractivity contribution < 1.29 is 23.5 Å². The van der Waals surface area contributed by atoms with Gasteiger partial charge in [-0.15, -0.1) is 0 Å². The number of thioether (sulfide) groups is 1. The van der Waals surface area contributed by atoms with Gasteiger partial charge in [0.15, 0.2) is 0 Å². The highest BCUT2D eigenvalue weighted by atomic mass is 32.2. The van der Waals surface area contributed by atoms with Crippen LogP contribution < -0.4 is 5.32 Å². The fraction of sp³-hybridized carbons (Fsp3) is 0.258. The van der Waals surface area contributed by atoms with Gasteiger partial charge in [0.2, 0.25) is 0 Å². The summed E-state index contributed by atoms with van der Waals surface area (Å²) in [5.74, 6) is 0.299. The molecule has 0 fully saturated rings. The van der Waals surface area contributed by atoms with E-state index in [1.54, 1.807) is 42.4 Å². The van der Waals surface area contributed by atoms with Crippen LogP contribution in [0.3, 0.4) is 0 Å². The van der Waals surface area contributed by atoms with E-state index in [2.05, 4.69) is 15.3 Å². The molecule has 1 aromatic heterocycles. The maximum absolute atomic E-state index is 13.7. The molecule has 0 bridgehead atoms. The molecular weight excluding hydrogens is 529 g/mol. The molecule has 9 heteroatoms. The van der Waals surface area contributed by atoms with Crippen LogP contribution >= 0.6 is 11.8 Å². The molecule has 0 radical (unpaired) electrons. The molecule has 0 saturated carbocycles. The molecule has 1 heterocycles. The van der Waals surface area contributed by atoms with Crippen LogP contribution in [0.15, 0.2) is 85.2 Å². The van der Waals surface area contributed by atoms with Gasteiger partial charge in [0.1, 0.15) is 23.8 Å². The zero-order valence-corrected chi connectivity index (χ0v) is 23.2. The molecule has 1 unspecified atom stereocenters. The number of nitrogens with one attached hydrogen (secondary N) is 2. The Balaban J connectivity index is 1.69. The number of carbonyl (C=O) groups is 2. The van der Waals surface area contributed by atoms with Crippen LogP contribution in [0.5, 0.6) is 0 Å². The number of hydrogen-bond donors (Lipinski definition) is 2. The highest BCUT2D eigenvalue weighted by Gasteiger charge is 2.25. The van der Waals surface area contributed by atoms with Gasteiger partial charge in [0.25, 0.3) is 5.91 Å². The molecule has 0 aliphatic carbocycles. The highest BCUT2D eigenvalue weighted by Crippen LogP contribution is 2.32.